The van der Waals surface area contributed by atoms with Gasteiger partial charge in [-0.15, -0.1) is 54.1 Å². The smallest absolute Gasteiger partial charge is 0.128 e. The van der Waals surface area contributed by atoms with Gasteiger partial charge in [-0.2, -0.15) is 0 Å². The molecule has 0 amide bonds. The fraction of sp³-hybridized carbons (Fsp3) is 0.205. The molecule has 1 radical (unpaired) electrons. The van der Waals surface area contributed by atoms with Gasteiger partial charge in [0.15, 0.2) is 0 Å². The molecule has 0 aliphatic rings. The van der Waals surface area contributed by atoms with Gasteiger partial charge >= 0.3 is 0 Å². The molecule has 0 aliphatic carbocycles. The number of benzene rings is 3. The van der Waals surface area contributed by atoms with E-state index in [1.54, 1.807) is 45.0 Å². The van der Waals surface area contributed by atoms with Crippen molar-refractivity contribution in [1.29, 1.82) is 0 Å². The first-order valence-electron chi connectivity index (χ1n) is 19.2. The molecule has 0 atom stereocenters. The van der Waals surface area contributed by atoms with Crippen LogP contribution in [0.4, 0.5) is 0 Å². The molecule has 223 valence electrons. The van der Waals surface area contributed by atoms with Crippen LogP contribution in [-0.4, -0.2) is 15.0 Å². The molecule has 5 heteroatoms. The van der Waals surface area contributed by atoms with E-state index in [9.17, 15) is 0 Å². The van der Waals surface area contributed by atoms with E-state index < -0.39 is 32.3 Å². The van der Waals surface area contributed by atoms with Gasteiger partial charge in [0.05, 0.1) is 5.58 Å². The van der Waals surface area contributed by atoms with Gasteiger partial charge in [0, 0.05) is 75.6 Å². The van der Waals surface area contributed by atoms with E-state index in [0.29, 0.717) is 27.8 Å². The Kier molecular flexibility index (Phi) is 5.82. The second kappa shape index (κ2) is 12.8. The second-order valence-corrected chi connectivity index (χ2v) is 11.1. The van der Waals surface area contributed by atoms with Crippen molar-refractivity contribution in [2.75, 3.05) is 0 Å². The number of hydrogen-bond acceptors (Lipinski definition) is 4. The van der Waals surface area contributed by atoms with Crippen molar-refractivity contribution in [1.82, 2.24) is 15.0 Å². The number of aromatic nitrogens is 3. The molecule has 44 heavy (non-hydrogen) atoms. The van der Waals surface area contributed by atoms with E-state index in [0.717, 1.165) is 27.4 Å². The first-order valence-corrected chi connectivity index (χ1v) is 13.7. The third-order valence-electron chi connectivity index (χ3n) is 6.72. The number of nitrogens with zero attached hydrogens (tertiary/aromatic N) is 3. The van der Waals surface area contributed by atoms with Crippen molar-refractivity contribution in [3.63, 3.8) is 0 Å². The topological polar surface area (TPSA) is 51.8 Å². The summed E-state index contributed by atoms with van der Waals surface area (Å²) < 4.78 is 92.8. The van der Waals surface area contributed by atoms with Gasteiger partial charge in [-0.05, 0) is 60.9 Å². The summed E-state index contributed by atoms with van der Waals surface area (Å²) in [6.45, 7) is -1.87. The van der Waals surface area contributed by atoms with Gasteiger partial charge in [-0.1, -0.05) is 67.6 Å². The molecular weight excluding hydrogens is 719 g/mol. The van der Waals surface area contributed by atoms with E-state index in [2.05, 4.69) is 27.1 Å². The SMILES string of the molecule is [2H]C([2H])([2H])c1cc2c(ccc3c4cc[c-]c(-c5cc(C([2H])([2H])C(C)(C)C)c(C([2H])([2H])[2H])cn5)c4oc23)cn1.[2H]C([2H])([2H])c1ccc(-c2[c-]cccc2)nc1.[Ir]. The van der Waals surface area contributed by atoms with Gasteiger partial charge in [-0.25, -0.2) is 0 Å². The Bertz CT molecular complexity index is 2470. The summed E-state index contributed by atoms with van der Waals surface area (Å²) in [5.74, 6) is 0. The molecule has 7 aromatic rings. The summed E-state index contributed by atoms with van der Waals surface area (Å²) in [7, 11) is 0. The minimum Gasteiger partial charge on any atom is -0.500 e. The Labute approximate surface area is 288 Å². The van der Waals surface area contributed by atoms with Crippen LogP contribution in [0.25, 0.3) is 55.2 Å². The molecule has 4 aromatic heterocycles. The largest absolute Gasteiger partial charge is 0.500 e. The maximum Gasteiger partial charge on any atom is 0.128 e. The molecule has 0 unspecified atom stereocenters. The maximum atomic E-state index is 8.81. The van der Waals surface area contributed by atoms with Crippen LogP contribution in [0.15, 0.2) is 95.8 Å². The molecule has 0 spiro atoms. The van der Waals surface area contributed by atoms with Crippen LogP contribution in [0.5, 0.6) is 0 Å². The summed E-state index contributed by atoms with van der Waals surface area (Å²) in [6.07, 6.45) is 2.13. The van der Waals surface area contributed by atoms with Crippen molar-refractivity contribution >= 4 is 32.7 Å². The molecule has 0 N–H and O–H groups in total. The first-order chi connectivity index (χ1) is 25.1. The van der Waals surface area contributed by atoms with E-state index >= 15 is 0 Å². The van der Waals surface area contributed by atoms with Crippen molar-refractivity contribution in [3.05, 3.63) is 126 Å². The molecular formula is C39H35IrN3O-2. The molecule has 7 rings (SSSR count). The Morgan fingerprint density at radius 1 is 0.773 bits per heavy atom. The summed E-state index contributed by atoms with van der Waals surface area (Å²) in [4.78, 5) is 12.6. The molecule has 0 aliphatic heterocycles. The predicted molar refractivity (Wildman–Crippen MR) is 177 cm³/mol. The van der Waals surface area contributed by atoms with Crippen LogP contribution in [0.3, 0.4) is 0 Å². The van der Waals surface area contributed by atoms with Gasteiger partial charge in [0.2, 0.25) is 0 Å². The predicted octanol–water partition coefficient (Wildman–Crippen LogP) is 10.1. The third kappa shape index (κ3) is 6.65. The minimum absolute atomic E-state index is 0. The average Bonchev–Trinajstić information content (AvgIpc) is 3.50. The number of fused-ring (bicyclic) bond motifs is 5. The zero-order chi connectivity index (χ0) is 39.4. The molecule has 4 heterocycles. The Hall–Kier alpha value is -4.18. The molecule has 4 nitrogen and oxygen atoms in total. The number of rotatable bonds is 3. The van der Waals surface area contributed by atoms with E-state index in [1.165, 1.54) is 30.7 Å². The van der Waals surface area contributed by atoms with Crippen LogP contribution in [-0.2, 0) is 26.5 Å². The molecule has 0 saturated heterocycles. The van der Waals surface area contributed by atoms with Crippen molar-refractivity contribution < 1.29 is 39.6 Å². The van der Waals surface area contributed by atoms with Crippen LogP contribution >= 0.6 is 0 Å². The first kappa shape index (κ1) is 20.0. The summed E-state index contributed by atoms with van der Waals surface area (Å²) in [5.41, 5.74) is 2.48. The average molecular weight is 765 g/mol. The summed E-state index contributed by atoms with van der Waals surface area (Å²) in [5, 5.41) is 2.82. The van der Waals surface area contributed by atoms with Crippen LogP contribution in [0, 0.1) is 38.1 Å². The minimum atomic E-state index is -2.55. The van der Waals surface area contributed by atoms with Gasteiger partial charge in [0.1, 0.15) is 5.58 Å². The Morgan fingerprint density at radius 3 is 2.36 bits per heavy atom. The zero-order valence-corrected chi connectivity index (χ0v) is 26.6. The number of aryl methyl sites for hydroxylation is 3. The second-order valence-electron chi connectivity index (χ2n) is 11.1. The third-order valence-corrected chi connectivity index (χ3v) is 6.72. The van der Waals surface area contributed by atoms with E-state index in [4.69, 9.17) is 19.5 Å². The normalized spacial score (nSPS) is 16.2. The zero-order valence-electron chi connectivity index (χ0n) is 35.2. The van der Waals surface area contributed by atoms with Crippen molar-refractivity contribution in [3.8, 4) is 22.5 Å². The Morgan fingerprint density at radius 2 is 1.64 bits per heavy atom. The fourth-order valence-corrected chi connectivity index (χ4v) is 4.81. The van der Waals surface area contributed by atoms with Gasteiger partial charge in [-0.3, -0.25) is 4.98 Å². The van der Waals surface area contributed by atoms with E-state index in [-0.39, 0.29) is 42.5 Å². The van der Waals surface area contributed by atoms with Crippen LogP contribution in [0.1, 0.15) is 58.2 Å². The number of hydrogen-bond donors (Lipinski definition) is 0. The summed E-state index contributed by atoms with van der Waals surface area (Å²) in [6, 6.07) is 27.1. The maximum absolute atomic E-state index is 8.81. The quantitative estimate of drug-likeness (QED) is 0.168. The van der Waals surface area contributed by atoms with E-state index in [1.807, 2.05) is 36.4 Å². The molecule has 0 fully saturated rings. The monoisotopic (exact) mass is 765 g/mol. The molecule has 0 saturated carbocycles. The molecule has 3 aromatic carbocycles. The van der Waals surface area contributed by atoms with Crippen LogP contribution in [0.2, 0.25) is 0 Å². The Balaban J connectivity index is 0.000000286. The fourth-order valence-electron chi connectivity index (χ4n) is 4.81. The van der Waals surface area contributed by atoms with Gasteiger partial charge < -0.3 is 14.4 Å². The molecule has 0 bridgehead atoms. The number of furan rings is 1. The number of pyridine rings is 3. The van der Waals surface area contributed by atoms with Crippen molar-refractivity contribution in [2.45, 2.75) is 47.7 Å². The van der Waals surface area contributed by atoms with Crippen LogP contribution < -0.4 is 0 Å². The summed E-state index contributed by atoms with van der Waals surface area (Å²) >= 11 is 0. The standard InChI is InChI=1S/C27H25N2O.C12H10N.Ir/c1-16-14-29-24(12-19(16)13-27(3,4)5)22-8-6-7-20-21-10-9-18-15-28-17(2)11-23(18)26(21)30-25(20)22;1-10-7-8-12(13-9-10)11-5-3-2-4-6-11;/h6-7,9-12,14-15H,13H2,1-5H3;2-5,7-9H,1H3;/q2*-1;/i1D3,2D3,13D2;1D3;. The van der Waals surface area contributed by atoms with Crippen molar-refractivity contribution in [2.24, 2.45) is 5.41 Å². The van der Waals surface area contributed by atoms with Gasteiger partial charge in [0.25, 0.3) is 0 Å².